The molecule has 0 aliphatic heterocycles. The fourth-order valence-corrected chi connectivity index (χ4v) is 5.01. The monoisotopic (exact) mass is 466 g/mol. The van der Waals surface area contributed by atoms with Crippen LogP contribution in [0, 0.1) is 5.92 Å². The topological polar surface area (TPSA) is 35.5 Å². The van der Waals surface area contributed by atoms with Crippen molar-refractivity contribution in [3.63, 3.8) is 0 Å². The molecule has 0 heterocycles. The standard InChI is InChI=1S/C24H32BrFO3/c1-8-15(21(26)23(27)29-10-3)18-13-17-16(14(4)5)11-12-24(6,7)19(17)20(25)22(18)28-9-2/h11,13-14H,8-10,12H2,1-7H3. The lowest BCUT2D eigenvalue weighted by atomic mass is 9.70. The van der Waals surface area contributed by atoms with Crippen LogP contribution in [0.25, 0.3) is 11.1 Å². The van der Waals surface area contributed by atoms with E-state index in [1.165, 1.54) is 11.1 Å². The van der Waals surface area contributed by atoms with Crippen molar-refractivity contribution >= 4 is 33.0 Å². The predicted molar refractivity (Wildman–Crippen MR) is 121 cm³/mol. The number of allylic oxidation sites excluding steroid dienone is 3. The van der Waals surface area contributed by atoms with E-state index in [1.54, 1.807) is 6.92 Å². The second kappa shape index (κ2) is 9.46. The van der Waals surface area contributed by atoms with Gasteiger partial charge in [0.15, 0.2) is 0 Å². The lowest BCUT2D eigenvalue weighted by molar-refractivity contribution is -0.140. The van der Waals surface area contributed by atoms with Crippen LogP contribution in [0.4, 0.5) is 4.39 Å². The van der Waals surface area contributed by atoms with Crippen LogP contribution < -0.4 is 4.74 Å². The molecule has 0 saturated carbocycles. The van der Waals surface area contributed by atoms with Crippen LogP contribution in [0.1, 0.15) is 78.0 Å². The molecule has 160 valence electrons. The molecule has 0 unspecified atom stereocenters. The van der Waals surface area contributed by atoms with Gasteiger partial charge in [-0.1, -0.05) is 40.7 Å². The Morgan fingerprint density at radius 2 is 1.90 bits per heavy atom. The molecule has 5 heteroatoms. The number of esters is 1. The molecule has 0 amide bonds. The van der Waals surface area contributed by atoms with Crippen molar-refractivity contribution in [1.82, 2.24) is 0 Å². The fourth-order valence-electron chi connectivity index (χ4n) is 3.94. The van der Waals surface area contributed by atoms with Crippen LogP contribution in [0.15, 0.2) is 22.4 Å². The smallest absolute Gasteiger partial charge is 0.367 e. The molecule has 1 aromatic carbocycles. The van der Waals surface area contributed by atoms with E-state index in [1.807, 2.05) is 19.9 Å². The average Bonchev–Trinajstić information content (AvgIpc) is 2.64. The summed E-state index contributed by atoms with van der Waals surface area (Å²) >= 11 is 3.77. The van der Waals surface area contributed by atoms with Gasteiger partial charge in [0.2, 0.25) is 5.83 Å². The summed E-state index contributed by atoms with van der Waals surface area (Å²) in [6.45, 7) is 14.7. The maximum atomic E-state index is 15.0. The number of carbonyl (C=O) groups is 1. The largest absolute Gasteiger partial charge is 0.492 e. The Bertz CT molecular complexity index is 850. The molecular weight excluding hydrogens is 435 g/mol. The number of benzene rings is 1. The van der Waals surface area contributed by atoms with Gasteiger partial charge in [0.05, 0.1) is 17.7 Å². The fraction of sp³-hybridized carbons (Fsp3) is 0.542. The summed E-state index contributed by atoms with van der Waals surface area (Å²) in [6.07, 6.45) is 3.55. The van der Waals surface area contributed by atoms with Crippen molar-refractivity contribution in [2.75, 3.05) is 13.2 Å². The molecule has 0 bridgehead atoms. The molecule has 29 heavy (non-hydrogen) atoms. The third-order valence-electron chi connectivity index (χ3n) is 5.35. The van der Waals surface area contributed by atoms with Crippen LogP contribution in [0.5, 0.6) is 5.75 Å². The quantitative estimate of drug-likeness (QED) is 0.314. The van der Waals surface area contributed by atoms with Gasteiger partial charge in [-0.05, 0) is 76.7 Å². The van der Waals surface area contributed by atoms with Crippen LogP contribution in [0.2, 0.25) is 0 Å². The highest BCUT2D eigenvalue weighted by Crippen LogP contribution is 2.50. The maximum Gasteiger partial charge on any atom is 0.367 e. The second-order valence-corrected chi connectivity index (χ2v) is 8.98. The average molecular weight is 467 g/mol. The van der Waals surface area contributed by atoms with Crippen LogP contribution in [-0.4, -0.2) is 19.2 Å². The number of hydrogen-bond acceptors (Lipinski definition) is 3. The van der Waals surface area contributed by atoms with Crippen LogP contribution in [0.3, 0.4) is 0 Å². The maximum absolute atomic E-state index is 15.0. The summed E-state index contributed by atoms with van der Waals surface area (Å²) in [6, 6.07) is 2.00. The Labute approximate surface area is 182 Å². The van der Waals surface area contributed by atoms with Gasteiger partial charge in [-0.25, -0.2) is 4.79 Å². The van der Waals surface area contributed by atoms with E-state index in [4.69, 9.17) is 9.47 Å². The molecule has 1 aliphatic rings. The van der Waals surface area contributed by atoms with E-state index in [-0.39, 0.29) is 12.0 Å². The van der Waals surface area contributed by atoms with E-state index in [0.29, 0.717) is 35.8 Å². The number of rotatable bonds is 7. The van der Waals surface area contributed by atoms with Gasteiger partial charge >= 0.3 is 5.97 Å². The molecule has 0 radical (unpaired) electrons. The summed E-state index contributed by atoms with van der Waals surface area (Å²) in [4.78, 5) is 12.1. The minimum absolute atomic E-state index is 0.0906. The molecule has 3 nitrogen and oxygen atoms in total. The van der Waals surface area contributed by atoms with Crippen molar-refractivity contribution < 1.29 is 18.7 Å². The first-order chi connectivity index (χ1) is 13.6. The third-order valence-corrected chi connectivity index (χ3v) is 6.11. The molecule has 1 aliphatic carbocycles. The van der Waals surface area contributed by atoms with Gasteiger partial charge < -0.3 is 9.47 Å². The minimum Gasteiger partial charge on any atom is -0.492 e. The molecular formula is C24H32BrFO3. The molecule has 0 spiro atoms. The highest BCUT2D eigenvalue weighted by Gasteiger charge is 2.35. The Balaban J connectivity index is 2.88. The zero-order valence-corrected chi connectivity index (χ0v) is 20.1. The predicted octanol–water partition coefficient (Wildman–Crippen LogP) is 7.22. The van der Waals surface area contributed by atoms with E-state index >= 15 is 4.39 Å². The van der Waals surface area contributed by atoms with E-state index in [2.05, 4.69) is 49.7 Å². The zero-order chi connectivity index (χ0) is 21.9. The molecule has 0 N–H and O–H groups in total. The Kier molecular flexibility index (Phi) is 7.72. The van der Waals surface area contributed by atoms with Gasteiger partial charge in [0.1, 0.15) is 5.75 Å². The first-order valence-corrected chi connectivity index (χ1v) is 11.2. The van der Waals surface area contributed by atoms with Crippen molar-refractivity contribution in [3.05, 3.63) is 39.1 Å². The number of fused-ring (bicyclic) bond motifs is 1. The van der Waals surface area contributed by atoms with Gasteiger partial charge in [0.25, 0.3) is 0 Å². The van der Waals surface area contributed by atoms with Gasteiger partial charge in [-0.2, -0.15) is 4.39 Å². The van der Waals surface area contributed by atoms with E-state index in [9.17, 15) is 4.79 Å². The van der Waals surface area contributed by atoms with Crippen molar-refractivity contribution in [2.45, 2.75) is 66.7 Å². The highest BCUT2D eigenvalue weighted by molar-refractivity contribution is 9.10. The SMILES string of the molecule is CCOC(=O)C(F)=C(CC)c1cc2c(c(Br)c1OCC)C(C)(C)CC=C2C(C)C. The summed E-state index contributed by atoms with van der Waals surface area (Å²) in [7, 11) is 0. The summed E-state index contributed by atoms with van der Waals surface area (Å²) in [5.74, 6) is -0.875. The van der Waals surface area contributed by atoms with E-state index in [0.717, 1.165) is 16.5 Å². The van der Waals surface area contributed by atoms with Gasteiger partial charge in [-0.15, -0.1) is 0 Å². The second-order valence-electron chi connectivity index (χ2n) is 8.19. The lowest BCUT2D eigenvalue weighted by Gasteiger charge is -2.36. The summed E-state index contributed by atoms with van der Waals surface area (Å²) in [5.41, 5.74) is 4.31. The Morgan fingerprint density at radius 3 is 2.41 bits per heavy atom. The Morgan fingerprint density at radius 1 is 1.24 bits per heavy atom. The van der Waals surface area contributed by atoms with Crippen LogP contribution >= 0.6 is 15.9 Å². The molecule has 0 aromatic heterocycles. The Hall–Kier alpha value is -1.62. The lowest BCUT2D eigenvalue weighted by Crippen LogP contribution is -2.24. The van der Waals surface area contributed by atoms with Crippen molar-refractivity contribution in [3.8, 4) is 5.75 Å². The molecule has 1 aromatic rings. The first-order valence-electron chi connectivity index (χ1n) is 10.4. The zero-order valence-electron chi connectivity index (χ0n) is 18.5. The first kappa shape index (κ1) is 23.7. The number of carbonyl (C=O) groups excluding carboxylic acids is 1. The minimum atomic E-state index is -0.930. The molecule has 0 saturated heterocycles. The summed E-state index contributed by atoms with van der Waals surface area (Å²) in [5, 5.41) is 0. The normalized spacial score (nSPS) is 16.1. The number of halogens is 2. The van der Waals surface area contributed by atoms with Crippen LogP contribution in [-0.2, 0) is 14.9 Å². The number of hydrogen-bond donors (Lipinski definition) is 0. The van der Waals surface area contributed by atoms with Crippen molar-refractivity contribution in [2.24, 2.45) is 5.92 Å². The van der Waals surface area contributed by atoms with Gasteiger partial charge in [-0.3, -0.25) is 0 Å². The highest BCUT2D eigenvalue weighted by atomic mass is 79.9. The molecule has 0 atom stereocenters. The summed E-state index contributed by atoms with van der Waals surface area (Å²) < 4.78 is 26.8. The van der Waals surface area contributed by atoms with Crippen molar-refractivity contribution in [1.29, 1.82) is 0 Å². The third kappa shape index (κ3) is 4.60. The molecule has 0 fully saturated rings. The molecule has 2 rings (SSSR count). The number of ether oxygens (including phenoxy) is 2. The van der Waals surface area contributed by atoms with E-state index < -0.39 is 11.8 Å². The van der Waals surface area contributed by atoms with Gasteiger partial charge in [0, 0.05) is 11.1 Å².